The van der Waals surface area contributed by atoms with Gasteiger partial charge in [0.25, 0.3) is 0 Å². The van der Waals surface area contributed by atoms with Crippen molar-refractivity contribution in [3.05, 3.63) is 48.2 Å². The average molecular weight is 428 g/mol. The molecule has 2 unspecified atom stereocenters. The number of carbonyl (C=O) groups is 1. The number of halogens is 2. The SMILES string of the molecule is COc1cccc(Oc2ccc(CNC(=O)C3CCCC(N)C3)cn2)c1.Cl.Cl. The number of hydrogen-bond acceptors (Lipinski definition) is 5. The summed E-state index contributed by atoms with van der Waals surface area (Å²) in [7, 11) is 1.61. The highest BCUT2D eigenvalue weighted by atomic mass is 35.5. The lowest BCUT2D eigenvalue weighted by molar-refractivity contribution is -0.126. The van der Waals surface area contributed by atoms with Gasteiger partial charge in [-0.05, 0) is 37.0 Å². The first-order valence-corrected chi connectivity index (χ1v) is 8.94. The maximum Gasteiger partial charge on any atom is 0.223 e. The number of amides is 1. The van der Waals surface area contributed by atoms with Gasteiger partial charge in [-0.1, -0.05) is 18.6 Å². The van der Waals surface area contributed by atoms with Crippen LogP contribution in [0.5, 0.6) is 17.4 Å². The number of nitrogens with two attached hydrogens (primary N) is 1. The molecule has 1 aliphatic carbocycles. The molecule has 3 N–H and O–H groups in total. The Hall–Kier alpha value is -2.02. The van der Waals surface area contributed by atoms with Gasteiger partial charge in [0.15, 0.2) is 0 Å². The Morgan fingerprint density at radius 2 is 2.00 bits per heavy atom. The molecule has 1 aliphatic rings. The van der Waals surface area contributed by atoms with Gasteiger partial charge >= 0.3 is 0 Å². The van der Waals surface area contributed by atoms with E-state index in [4.69, 9.17) is 15.2 Å². The van der Waals surface area contributed by atoms with Crippen LogP contribution in [-0.4, -0.2) is 24.0 Å². The maximum absolute atomic E-state index is 12.3. The summed E-state index contributed by atoms with van der Waals surface area (Å²) in [6, 6.07) is 11.2. The van der Waals surface area contributed by atoms with Crippen molar-refractivity contribution in [1.82, 2.24) is 10.3 Å². The number of ether oxygens (including phenoxy) is 2. The van der Waals surface area contributed by atoms with Gasteiger partial charge in [0, 0.05) is 36.8 Å². The molecule has 8 heteroatoms. The molecule has 28 heavy (non-hydrogen) atoms. The molecule has 1 saturated carbocycles. The molecule has 0 saturated heterocycles. The number of nitrogens with one attached hydrogen (secondary N) is 1. The second-order valence-corrected chi connectivity index (χ2v) is 6.63. The topological polar surface area (TPSA) is 86.5 Å². The zero-order valence-corrected chi connectivity index (χ0v) is 17.4. The zero-order chi connectivity index (χ0) is 18.4. The number of aromatic nitrogens is 1. The quantitative estimate of drug-likeness (QED) is 0.730. The lowest BCUT2D eigenvalue weighted by Gasteiger charge is -2.25. The summed E-state index contributed by atoms with van der Waals surface area (Å²) in [6.45, 7) is 0.455. The van der Waals surface area contributed by atoms with E-state index in [2.05, 4.69) is 10.3 Å². The summed E-state index contributed by atoms with van der Waals surface area (Å²) in [5.41, 5.74) is 6.88. The predicted molar refractivity (Wildman–Crippen MR) is 114 cm³/mol. The molecule has 2 atom stereocenters. The van der Waals surface area contributed by atoms with Crippen molar-refractivity contribution in [3.63, 3.8) is 0 Å². The summed E-state index contributed by atoms with van der Waals surface area (Å²) >= 11 is 0. The molecule has 0 radical (unpaired) electrons. The number of rotatable bonds is 6. The van der Waals surface area contributed by atoms with E-state index in [1.165, 1.54) is 0 Å². The maximum atomic E-state index is 12.3. The third kappa shape index (κ3) is 6.86. The van der Waals surface area contributed by atoms with Gasteiger partial charge in [-0.2, -0.15) is 0 Å². The van der Waals surface area contributed by atoms with E-state index in [-0.39, 0.29) is 42.7 Å². The number of benzene rings is 1. The fourth-order valence-corrected chi connectivity index (χ4v) is 3.16. The van der Waals surface area contributed by atoms with Crippen LogP contribution in [0.25, 0.3) is 0 Å². The van der Waals surface area contributed by atoms with Crippen LogP contribution in [0, 0.1) is 5.92 Å². The van der Waals surface area contributed by atoms with Crippen LogP contribution in [0.4, 0.5) is 0 Å². The standard InChI is InChI=1S/C20H25N3O3.2ClH/c1-25-17-6-3-7-18(11-17)26-19-9-8-14(12-22-19)13-23-20(24)15-4-2-5-16(21)10-15;;/h3,6-9,11-12,15-16H,2,4-5,10,13,21H2,1H3,(H,23,24);2*1H. The summed E-state index contributed by atoms with van der Waals surface area (Å²) < 4.78 is 10.9. The van der Waals surface area contributed by atoms with E-state index in [0.29, 0.717) is 18.2 Å². The van der Waals surface area contributed by atoms with Gasteiger partial charge in [-0.3, -0.25) is 4.79 Å². The Morgan fingerprint density at radius 1 is 1.21 bits per heavy atom. The summed E-state index contributed by atoms with van der Waals surface area (Å²) in [6.07, 6.45) is 5.45. The van der Waals surface area contributed by atoms with Crippen molar-refractivity contribution in [3.8, 4) is 17.4 Å². The zero-order valence-electron chi connectivity index (χ0n) is 15.8. The van der Waals surface area contributed by atoms with E-state index >= 15 is 0 Å². The second-order valence-electron chi connectivity index (χ2n) is 6.63. The van der Waals surface area contributed by atoms with Crippen LogP contribution in [0.3, 0.4) is 0 Å². The lowest BCUT2D eigenvalue weighted by Crippen LogP contribution is -2.37. The summed E-state index contributed by atoms with van der Waals surface area (Å²) in [4.78, 5) is 16.6. The van der Waals surface area contributed by atoms with Gasteiger partial charge in [0.1, 0.15) is 11.5 Å². The minimum Gasteiger partial charge on any atom is -0.497 e. The predicted octanol–water partition coefficient (Wildman–Crippen LogP) is 3.86. The molecule has 1 aromatic heterocycles. The molecule has 0 aliphatic heterocycles. The van der Waals surface area contributed by atoms with Crippen molar-refractivity contribution in [2.24, 2.45) is 11.7 Å². The fraction of sp³-hybridized carbons (Fsp3) is 0.400. The Morgan fingerprint density at radius 3 is 2.68 bits per heavy atom. The molecular formula is C20H27Cl2N3O3. The Labute approximate surface area is 178 Å². The van der Waals surface area contributed by atoms with Gasteiger partial charge in [0.2, 0.25) is 11.8 Å². The molecule has 154 valence electrons. The van der Waals surface area contributed by atoms with E-state index in [1.54, 1.807) is 25.4 Å². The molecule has 1 heterocycles. The molecule has 3 rings (SSSR count). The molecule has 0 spiro atoms. The number of pyridine rings is 1. The van der Waals surface area contributed by atoms with Crippen molar-refractivity contribution < 1.29 is 14.3 Å². The van der Waals surface area contributed by atoms with Crippen molar-refractivity contribution in [1.29, 1.82) is 0 Å². The largest absolute Gasteiger partial charge is 0.497 e. The number of nitrogens with zero attached hydrogens (tertiary/aromatic N) is 1. The molecule has 2 aromatic rings. The van der Waals surface area contributed by atoms with E-state index < -0.39 is 0 Å². The normalized spacial score (nSPS) is 18.2. The van der Waals surface area contributed by atoms with Crippen LogP contribution in [0.15, 0.2) is 42.6 Å². The monoisotopic (exact) mass is 427 g/mol. The van der Waals surface area contributed by atoms with E-state index in [1.807, 2.05) is 24.3 Å². The third-order valence-corrected chi connectivity index (χ3v) is 4.61. The first-order chi connectivity index (χ1) is 12.6. The van der Waals surface area contributed by atoms with Crippen molar-refractivity contribution >= 4 is 30.7 Å². The van der Waals surface area contributed by atoms with E-state index in [9.17, 15) is 4.79 Å². The van der Waals surface area contributed by atoms with Crippen LogP contribution < -0.4 is 20.5 Å². The van der Waals surface area contributed by atoms with Gasteiger partial charge < -0.3 is 20.5 Å². The minimum absolute atomic E-state index is 0. The first-order valence-electron chi connectivity index (χ1n) is 8.94. The summed E-state index contributed by atoms with van der Waals surface area (Å²) in [5.74, 6) is 1.99. The highest BCUT2D eigenvalue weighted by Crippen LogP contribution is 2.24. The first kappa shape index (κ1) is 24.0. The highest BCUT2D eigenvalue weighted by Gasteiger charge is 2.24. The van der Waals surface area contributed by atoms with Gasteiger partial charge in [-0.15, -0.1) is 24.8 Å². The van der Waals surface area contributed by atoms with Gasteiger partial charge in [0.05, 0.1) is 7.11 Å². The molecule has 6 nitrogen and oxygen atoms in total. The van der Waals surface area contributed by atoms with Crippen LogP contribution >= 0.6 is 24.8 Å². The molecule has 1 fully saturated rings. The third-order valence-electron chi connectivity index (χ3n) is 4.61. The number of methoxy groups -OCH3 is 1. The number of carbonyl (C=O) groups excluding carboxylic acids is 1. The van der Waals surface area contributed by atoms with Crippen LogP contribution in [-0.2, 0) is 11.3 Å². The second kappa shape index (κ2) is 11.7. The smallest absolute Gasteiger partial charge is 0.223 e. The summed E-state index contributed by atoms with van der Waals surface area (Å²) in [5, 5.41) is 2.98. The molecule has 1 amide bonds. The minimum atomic E-state index is 0. The lowest BCUT2D eigenvalue weighted by atomic mass is 9.85. The highest BCUT2D eigenvalue weighted by molar-refractivity contribution is 5.85. The Kier molecular flexibility index (Phi) is 10.1. The Balaban J connectivity index is 0.00000196. The van der Waals surface area contributed by atoms with Crippen LogP contribution in [0.1, 0.15) is 31.2 Å². The van der Waals surface area contributed by atoms with Crippen LogP contribution in [0.2, 0.25) is 0 Å². The van der Waals surface area contributed by atoms with Crippen molar-refractivity contribution in [2.45, 2.75) is 38.3 Å². The van der Waals surface area contributed by atoms with Gasteiger partial charge in [-0.25, -0.2) is 4.98 Å². The van der Waals surface area contributed by atoms with E-state index in [0.717, 1.165) is 37.0 Å². The van der Waals surface area contributed by atoms with Crippen molar-refractivity contribution in [2.75, 3.05) is 7.11 Å². The average Bonchev–Trinajstić information content (AvgIpc) is 2.67. The molecule has 1 aromatic carbocycles. The fourth-order valence-electron chi connectivity index (χ4n) is 3.16. The molecule has 0 bridgehead atoms. The number of hydrogen-bond donors (Lipinski definition) is 2. The molecular weight excluding hydrogens is 401 g/mol. The Bertz CT molecular complexity index is 744.